The maximum atomic E-state index is 9.10. The normalized spacial score (nSPS) is 23.7. The van der Waals surface area contributed by atoms with E-state index in [1.807, 2.05) is 0 Å². The Morgan fingerprint density at radius 1 is 1.32 bits per heavy atom. The van der Waals surface area contributed by atoms with Crippen LogP contribution in [0.5, 0.6) is 5.75 Å². The summed E-state index contributed by atoms with van der Waals surface area (Å²) in [5, 5.41) is 9.10. The molecule has 0 amide bonds. The standard InChI is InChI=1S/C16H22N2O/c1-16(2,3)13-6-4-5-7-15(13)19-14-8-9-18-11-12(14)10-17/h8-9,11,13,15H,4-7H2,1-3H3. The summed E-state index contributed by atoms with van der Waals surface area (Å²) in [5.41, 5.74) is 0.769. The van der Waals surface area contributed by atoms with Gasteiger partial charge in [0.15, 0.2) is 0 Å². The minimum Gasteiger partial charge on any atom is -0.489 e. The zero-order chi connectivity index (χ0) is 13.9. The first kappa shape index (κ1) is 13.9. The molecule has 102 valence electrons. The van der Waals surface area contributed by atoms with Gasteiger partial charge in [-0.25, -0.2) is 0 Å². The fraction of sp³-hybridized carbons (Fsp3) is 0.625. The van der Waals surface area contributed by atoms with Crippen molar-refractivity contribution in [3.8, 4) is 11.8 Å². The van der Waals surface area contributed by atoms with Gasteiger partial charge in [0.1, 0.15) is 23.5 Å². The molecule has 3 nitrogen and oxygen atoms in total. The Kier molecular flexibility index (Phi) is 4.09. The van der Waals surface area contributed by atoms with Gasteiger partial charge in [0.05, 0.1) is 0 Å². The van der Waals surface area contributed by atoms with Gasteiger partial charge in [-0.15, -0.1) is 0 Å². The van der Waals surface area contributed by atoms with Crippen molar-refractivity contribution in [2.45, 2.75) is 52.6 Å². The van der Waals surface area contributed by atoms with E-state index < -0.39 is 0 Å². The molecular formula is C16H22N2O. The maximum absolute atomic E-state index is 9.10. The number of pyridine rings is 1. The molecule has 1 heterocycles. The Bertz CT molecular complexity index is 470. The smallest absolute Gasteiger partial charge is 0.140 e. The van der Waals surface area contributed by atoms with Crippen LogP contribution in [0.2, 0.25) is 0 Å². The van der Waals surface area contributed by atoms with Crippen LogP contribution in [0, 0.1) is 22.7 Å². The average molecular weight is 258 g/mol. The summed E-state index contributed by atoms with van der Waals surface area (Å²) in [6.45, 7) is 6.82. The highest BCUT2D eigenvalue weighted by Gasteiger charge is 2.35. The first-order valence-corrected chi connectivity index (χ1v) is 7.03. The molecule has 0 radical (unpaired) electrons. The third kappa shape index (κ3) is 3.26. The predicted octanol–water partition coefficient (Wildman–Crippen LogP) is 3.94. The second kappa shape index (κ2) is 5.61. The number of ether oxygens (including phenoxy) is 1. The fourth-order valence-electron chi connectivity index (χ4n) is 2.96. The van der Waals surface area contributed by atoms with Crippen molar-refractivity contribution in [2.24, 2.45) is 11.3 Å². The Morgan fingerprint density at radius 2 is 2.05 bits per heavy atom. The van der Waals surface area contributed by atoms with Gasteiger partial charge in [0.25, 0.3) is 0 Å². The van der Waals surface area contributed by atoms with Crippen molar-refractivity contribution in [2.75, 3.05) is 0 Å². The van der Waals surface area contributed by atoms with Crippen LogP contribution in [0.3, 0.4) is 0 Å². The SMILES string of the molecule is CC(C)(C)C1CCCCC1Oc1ccncc1C#N. The lowest BCUT2D eigenvalue weighted by atomic mass is 9.70. The van der Waals surface area contributed by atoms with E-state index in [1.165, 1.54) is 19.3 Å². The lowest BCUT2D eigenvalue weighted by Crippen LogP contribution is -2.38. The molecule has 1 saturated carbocycles. The van der Waals surface area contributed by atoms with E-state index in [-0.39, 0.29) is 11.5 Å². The van der Waals surface area contributed by atoms with Gasteiger partial charge in [-0.1, -0.05) is 27.2 Å². The van der Waals surface area contributed by atoms with Crippen LogP contribution in [0.15, 0.2) is 18.5 Å². The van der Waals surface area contributed by atoms with E-state index in [1.54, 1.807) is 18.5 Å². The molecule has 0 spiro atoms. The molecule has 0 aromatic carbocycles. The number of aromatic nitrogens is 1. The summed E-state index contributed by atoms with van der Waals surface area (Å²) < 4.78 is 6.15. The van der Waals surface area contributed by atoms with Gasteiger partial charge in [-0.05, 0) is 30.7 Å². The zero-order valence-corrected chi connectivity index (χ0v) is 12.0. The molecule has 0 aliphatic heterocycles. The Morgan fingerprint density at radius 3 is 2.74 bits per heavy atom. The van der Waals surface area contributed by atoms with Crippen molar-refractivity contribution >= 4 is 0 Å². The largest absolute Gasteiger partial charge is 0.489 e. The summed E-state index contributed by atoms with van der Waals surface area (Å²) in [6.07, 6.45) is 8.25. The monoisotopic (exact) mass is 258 g/mol. The van der Waals surface area contributed by atoms with E-state index in [2.05, 4.69) is 31.8 Å². The lowest BCUT2D eigenvalue weighted by Gasteiger charge is -2.40. The summed E-state index contributed by atoms with van der Waals surface area (Å²) in [4.78, 5) is 3.97. The Labute approximate surface area is 115 Å². The maximum Gasteiger partial charge on any atom is 0.140 e. The van der Waals surface area contributed by atoms with Gasteiger partial charge < -0.3 is 4.74 Å². The third-order valence-corrected chi connectivity index (χ3v) is 3.99. The molecular weight excluding hydrogens is 236 g/mol. The molecule has 2 unspecified atom stereocenters. The summed E-state index contributed by atoms with van der Waals surface area (Å²) in [6, 6.07) is 3.95. The van der Waals surface area contributed by atoms with Gasteiger partial charge in [0, 0.05) is 18.3 Å². The molecule has 3 heteroatoms. The fourth-order valence-corrected chi connectivity index (χ4v) is 2.96. The molecule has 1 aliphatic rings. The third-order valence-electron chi connectivity index (χ3n) is 3.99. The highest BCUT2D eigenvalue weighted by molar-refractivity contribution is 5.40. The molecule has 1 aromatic rings. The van der Waals surface area contributed by atoms with Crippen molar-refractivity contribution in [1.29, 1.82) is 5.26 Å². The molecule has 1 aliphatic carbocycles. The van der Waals surface area contributed by atoms with E-state index in [4.69, 9.17) is 10.00 Å². The van der Waals surface area contributed by atoms with Crippen molar-refractivity contribution in [1.82, 2.24) is 4.98 Å². The molecule has 1 aromatic heterocycles. The Balaban J connectivity index is 2.18. The van der Waals surface area contributed by atoms with Crippen LogP contribution in [0.25, 0.3) is 0 Å². The molecule has 0 N–H and O–H groups in total. The summed E-state index contributed by atoms with van der Waals surface area (Å²) in [7, 11) is 0. The number of hydrogen-bond acceptors (Lipinski definition) is 3. The van der Waals surface area contributed by atoms with Crippen LogP contribution in [0.1, 0.15) is 52.0 Å². The second-order valence-corrected chi connectivity index (χ2v) is 6.40. The first-order chi connectivity index (χ1) is 9.02. The Hall–Kier alpha value is -1.56. The van der Waals surface area contributed by atoms with Crippen LogP contribution < -0.4 is 4.74 Å². The second-order valence-electron chi connectivity index (χ2n) is 6.40. The van der Waals surface area contributed by atoms with Crippen LogP contribution in [0.4, 0.5) is 0 Å². The molecule has 2 rings (SSSR count). The highest BCUT2D eigenvalue weighted by atomic mass is 16.5. The van der Waals surface area contributed by atoms with Crippen LogP contribution >= 0.6 is 0 Å². The zero-order valence-electron chi connectivity index (χ0n) is 12.0. The van der Waals surface area contributed by atoms with E-state index >= 15 is 0 Å². The molecule has 1 fully saturated rings. The van der Waals surface area contributed by atoms with Crippen molar-refractivity contribution in [3.63, 3.8) is 0 Å². The van der Waals surface area contributed by atoms with Crippen molar-refractivity contribution in [3.05, 3.63) is 24.0 Å². The number of nitrogens with zero attached hydrogens (tertiary/aromatic N) is 2. The molecule has 2 atom stereocenters. The van der Waals surface area contributed by atoms with E-state index in [0.29, 0.717) is 17.2 Å². The van der Waals surface area contributed by atoms with E-state index in [0.717, 1.165) is 6.42 Å². The van der Waals surface area contributed by atoms with Gasteiger partial charge in [-0.2, -0.15) is 5.26 Å². The number of nitriles is 1. The van der Waals surface area contributed by atoms with E-state index in [9.17, 15) is 0 Å². The average Bonchev–Trinajstić information content (AvgIpc) is 2.39. The minimum absolute atomic E-state index is 0.211. The highest BCUT2D eigenvalue weighted by Crippen LogP contribution is 2.40. The lowest BCUT2D eigenvalue weighted by molar-refractivity contribution is 0.0279. The van der Waals surface area contributed by atoms with Crippen LogP contribution in [-0.4, -0.2) is 11.1 Å². The van der Waals surface area contributed by atoms with Gasteiger partial charge >= 0.3 is 0 Å². The van der Waals surface area contributed by atoms with Crippen molar-refractivity contribution < 1.29 is 4.74 Å². The summed E-state index contributed by atoms with van der Waals surface area (Å²) >= 11 is 0. The summed E-state index contributed by atoms with van der Waals surface area (Å²) in [5.74, 6) is 1.22. The minimum atomic E-state index is 0.211. The first-order valence-electron chi connectivity index (χ1n) is 7.03. The molecule has 0 bridgehead atoms. The van der Waals surface area contributed by atoms with Gasteiger partial charge in [-0.3, -0.25) is 4.98 Å². The number of rotatable bonds is 2. The quantitative estimate of drug-likeness (QED) is 0.807. The number of hydrogen-bond donors (Lipinski definition) is 0. The predicted molar refractivity (Wildman–Crippen MR) is 74.8 cm³/mol. The molecule has 0 saturated heterocycles. The van der Waals surface area contributed by atoms with Gasteiger partial charge in [0.2, 0.25) is 0 Å². The topological polar surface area (TPSA) is 45.9 Å². The molecule has 19 heavy (non-hydrogen) atoms. The van der Waals surface area contributed by atoms with Crippen LogP contribution in [-0.2, 0) is 0 Å².